The number of rotatable bonds is 2. The maximum atomic E-state index is 6.09. The van der Waals surface area contributed by atoms with Crippen LogP contribution in [0.4, 0.5) is 5.95 Å². The predicted octanol–water partition coefficient (Wildman–Crippen LogP) is 2.27. The molecule has 0 unspecified atom stereocenters. The quantitative estimate of drug-likeness (QED) is 0.899. The van der Waals surface area contributed by atoms with Gasteiger partial charge in [-0.15, -0.1) is 0 Å². The number of benzene rings is 1. The van der Waals surface area contributed by atoms with Crippen LogP contribution in [0.5, 0.6) is 0 Å². The Labute approximate surface area is 114 Å². The molecular formula is C15H22N4. The zero-order chi connectivity index (χ0) is 13.4. The third-order valence-electron chi connectivity index (χ3n) is 4.21. The maximum Gasteiger partial charge on any atom is 0.201 e. The summed E-state index contributed by atoms with van der Waals surface area (Å²) < 4.78 is 2.19. The molecule has 2 aromatic rings. The summed E-state index contributed by atoms with van der Waals surface area (Å²) in [5, 5.41) is 0. The summed E-state index contributed by atoms with van der Waals surface area (Å²) in [4.78, 5) is 6.86. The van der Waals surface area contributed by atoms with Gasteiger partial charge in [0.2, 0.25) is 5.95 Å². The summed E-state index contributed by atoms with van der Waals surface area (Å²) >= 11 is 0. The molecule has 0 amide bonds. The molecule has 0 bridgehead atoms. The van der Waals surface area contributed by atoms with Crippen molar-refractivity contribution >= 4 is 17.0 Å². The van der Waals surface area contributed by atoms with Crippen LogP contribution in [0.1, 0.15) is 18.4 Å². The van der Waals surface area contributed by atoms with Gasteiger partial charge in [-0.3, -0.25) is 0 Å². The van der Waals surface area contributed by atoms with Crippen molar-refractivity contribution in [2.24, 2.45) is 5.92 Å². The van der Waals surface area contributed by atoms with Crippen molar-refractivity contribution in [2.75, 3.05) is 25.9 Å². The molecule has 3 rings (SSSR count). The van der Waals surface area contributed by atoms with Crippen LogP contribution < -0.4 is 5.73 Å². The molecule has 0 spiro atoms. The van der Waals surface area contributed by atoms with E-state index in [-0.39, 0.29) is 0 Å². The Bertz CT molecular complexity index is 579. The van der Waals surface area contributed by atoms with Gasteiger partial charge in [-0.05, 0) is 63.5 Å². The van der Waals surface area contributed by atoms with E-state index in [9.17, 15) is 0 Å². The van der Waals surface area contributed by atoms with Crippen molar-refractivity contribution in [3.63, 3.8) is 0 Å². The van der Waals surface area contributed by atoms with E-state index < -0.39 is 0 Å². The Morgan fingerprint density at radius 3 is 2.79 bits per heavy atom. The molecule has 4 nitrogen and oxygen atoms in total. The average molecular weight is 258 g/mol. The molecule has 0 saturated carbocycles. The van der Waals surface area contributed by atoms with E-state index in [0.717, 1.165) is 18.0 Å². The Kier molecular flexibility index (Phi) is 3.19. The van der Waals surface area contributed by atoms with E-state index in [1.165, 1.54) is 37.0 Å². The summed E-state index contributed by atoms with van der Waals surface area (Å²) in [7, 11) is 2.19. The Morgan fingerprint density at radius 1 is 1.32 bits per heavy atom. The first-order valence-electron chi connectivity index (χ1n) is 7.04. The third kappa shape index (κ3) is 2.45. The number of nitrogens with zero attached hydrogens (tertiary/aromatic N) is 3. The highest BCUT2D eigenvalue weighted by atomic mass is 15.2. The van der Waals surface area contributed by atoms with E-state index in [1.807, 2.05) is 0 Å². The average Bonchev–Trinajstić information content (AvgIpc) is 2.69. The summed E-state index contributed by atoms with van der Waals surface area (Å²) in [5.41, 5.74) is 9.54. The number of aromatic nitrogens is 2. The number of nitrogen functional groups attached to an aromatic ring is 1. The second-order valence-corrected chi connectivity index (χ2v) is 5.82. The minimum atomic E-state index is 0.652. The second kappa shape index (κ2) is 4.85. The molecule has 0 aliphatic carbocycles. The zero-order valence-electron chi connectivity index (χ0n) is 11.8. The Balaban J connectivity index is 1.87. The minimum Gasteiger partial charge on any atom is -0.369 e. The Morgan fingerprint density at radius 2 is 2.05 bits per heavy atom. The number of nitrogens with two attached hydrogens (primary N) is 1. The number of hydrogen-bond acceptors (Lipinski definition) is 3. The van der Waals surface area contributed by atoms with E-state index in [1.54, 1.807) is 0 Å². The molecule has 102 valence electrons. The topological polar surface area (TPSA) is 47.1 Å². The summed E-state index contributed by atoms with van der Waals surface area (Å²) in [6, 6.07) is 6.34. The summed E-state index contributed by atoms with van der Waals surface area (Å²) in [6.45, 7) is 5.49. The van der Waals surface area contributed by atoms with Crippen LogP contribution >= 0.6 is 0 Å². The third-order valence-corrected chi connectivity index (χ3v) is 4.21. The standard InChI is InChI=1S/C15H22N4/c1-11-3-4-13-14(9-11)19(15(16)17-13)10-12-5-7-18(2)8-6-12/h3-4,9,12H,5-8,10H2,1-2H3,(H2,16,17). The molecule has 1 fully saturated rings. The number of hydrogen-bond donors (Lipinski definition) is 1. The zero-order valence-corrected chi connectivity index (χ0v) is 11.8. The van der Waals surface area contributed by atoms with Crippen LogP contribution in [-0.4, -0.2) is 34.6 Å². The molecule has 0 atom stereocenters. The number of piperidine rings is 1. The molecule has 4 heteroatoms. The van der Waals surface area contributed by atoms with Crippen molar-refractivity contribution in [1.29, 1.82) is 0 Å². The van der Waals surface area contributed by atoms with E-state index in [0.29, 0.717) is 5.95 Å². The molecule has 2 N–H and O–H groups in total. The smallest absolute Gasteiger partial charge is 0.201 e. The number of anilines is 1. The van der Waals surface area contributed by atoms with E-state index >= 15 is 0 Å². The molecule has 1 aromatic carbocycles. The molecule has 1 aliphatic heterocycles. The van der Waals surface area contributed by atoms with Crippen LogP contribution in [0.25, 0.3) is 11.0 Å². The van der Waals surface area contributed by atoms with Gasteiger partial charge in [0, 0.05) is 6.54 Å². The van der Waals surface area contributed by atoms with Gasteiger partial charge in [-0.2, -0.15) is 0 Å². The van der Waals surface area contributed by atoms with E-state index in [2.05, 4.69) is 46.6 Å². The van der Waals surface area contributed by atoms with Gasteiger partial charge in [0.15, 0.2) is 0 Å². The van der Waals surface area contributed by atoms with Gasteiger partial charge in [-0.1, -0.05) is 6.07 Å². The number of fused-ring (bicyclic) bond motifs is 1. The first-order valence-corrected chi connectivity index (χ1v) is 7.04. The van der Waals surface area contributed by atoms with E-state index in [4.69, 9.17) is 5.73 Å². The molecule has 0 radical (unpaired) electrons. The molecular weight excluding hydrogens is 236 g/mol. The summed E-state index contributed by atoms with van der Waals surface area (Å²) in [6.07, 6.45) is 2.50. The lowest BCUT2D eigenvalue weighted by atomic mass is 9.97. The minimum absolute atomic E-state index is 0.652. The monoisotopic (exact) mass is 258 g/mol. The van der Waals surface area contributed by atoms with Crippen molar-refractivity contribution < 1.29 is 0 Å². The van der Waals surface area contributed by atoms with Gasteiger partial charge in [-0.25, -0.2) is 4.98 Å². The van der Waals surface area contributed by atoms with Crippen LogP contribution in [0.3, 0.4) is 0 Å². The van der Waals surface area contributed by atoms with Gasteiger partial charge in [0.1, 0.15) is 0 Å². The first kappa shape index (κ1) is 12.5. The highest BCUT2D eigenvalue weighted by molar-refractivity contribution is 5.79. The lowest BCUT2D eigenvalue weighted by Crippen LogP contribution is -2.32. The SMILES string of the molecule is Cc1ccc2nc(N)n(CC3CCN(C)CC3)c2c1. The largest absolute Gasteiger partial charge is 0.369 e. The second-order valence-electron chi connectivity index (χ2n) is 5.82. The Hall–Kier alpha value is -1.55. The number of aryl methyl sites for hydroxylation is 1. The van der Waals surface area contributed by atoms with Crippen LogP contribution in [0, 0.1) is 12.8 Å². The van der Waals surface area contributed by atoms with Crippen LogP contribution in [-0.2, 0) is 6.54 Å². The van der Waals surface area contributed by atoms with Gasteiger partial charge in [0.05, 0.1) is 11.0 Å². The van der Waals surface area contributed by atoms with Crippen LogP contribution in [0.2, 0.25) is 0 Å². The lowest BCUT2D eigenvalue weighted by Gasteiger charge is -2.29. The number of likely N-dealkylation sites (tertiary alicyclic amines) is 1. The van der Waals surface area contributed by atoms with Gasteiger partial charge >= 0.3 is 0 Å². The number of imidazole rings is 1. The van der Waals surface area contributed by atoms with Gasteiger partial charge in [0.25, 0.3) is 0 Å². The fraction of sp³-hybridized carbons (Fsp3) is 0.533. The highest BCUT2D eigenvalue weighted by Gasteiger charge is 2.19. The fourth-order valence-corrected chi connectivity index (χ4v) is 2.95. The molecule has 1 saturated heterocycles. The molecule has 19 heavy (non-hydrogen) atoms. The highest BCUT2D eigenvalue weighted by Crippen LogP contribution is 2.24. The van der Waals surface area contributed by atoms with Crippen LogP contribution in [0.15, 0.2) is 18.2 Å². The van der Waals surface area contributed by atoms with Crippen molar-refractivity contribution in [3.05, 3.63) is 23.8 Å². The lowest BCUT2D eigenvalue weighted by molar-refractivity contribution is 0.206. The van der Waals surface area contributed by atoms with Crippen molar-refractivity contribution in [3.8, 4) is 0 Å². The van der Waals surface area contributed by atoms with Gasteiger partial charge < -0.3 is 15.2 Å². The van der Waals surface area contributed by atoms with Crippen molar-refractivity contribution in [2.45, 2.75) is 26.3 Å². The predicted molar refractivity (Wildman–Crippen MR) is 79.1 cm³/mol. The normalized spacial score (nSPS) is 18.2. The van der Waals surface area contributed by atoms with Crippen molar-refractivity contribution in [1.82, 2.24) is 14.5 Å². The molecule has 2 heterocycles. The summed E-state index contributed by atoms with van der Waals surface area (Å²) in [5.74, 6) is 1.37. The maximum absolute atomic E-state index is 6.09. The molecule has 1 aliphatic rings. The fourth-order valence-electron chi connectivity index (χ4n) is 2.95. The first-order chi connectivity index (χ1) is 9.13. The molecule has 1 aromatic heterocycles.